The van der Waals surface area contributed by atoms with Gasteiger partial charge in [0.05, 0.1) is 31.3 Å². The predicted molar refractivity (Wildman–Crippen MR) is 54.4 cm³/mol. The van der Waals surface area contributed by atoms with Crippen LogP contribution in [0.25, 0.3) is 0 Å². The third-order valence-electron chi connectivity index (χ3n) is 2.16. The Balaban J connectivity index is 3.92. The van der Waals surface area contributed by atoms with Crippen LogP contribution >= 0.6 is 11.6 Å². The molecular weight excluding hydrogens is 208 g/mol. The van der Waals surface area contributed by atoms with Crippen LogP contribution in [-0.4, -0.2) is 53.7 Å². The molecule has 0 spiro atoms. The summed E-state index contributed by atoms with van der Waals surface area (Å²) in [4.78, 5) is 0. The number of halogens is 1. The number of hydrogen-bond acceptors (Lipinski definition) is 4. The molecule has 0 radical (unpaired) electrons. The van der Waals surface area contributed by atoms with Crippen molar-refractivity contribution in [3.05, 3.63) is 0 Å². The molecule has 0 saturated carbocycles. The first-order valence-corrected chi connectivity index (χ1v) is 5.17. The molecule has 0 amide bonds. The van der Waals surface area contributed by atoms with Crippen molar-refractivity contribution in [2.45, 2.75) is 19.4 Å². The van der Waals surface area contributed by atoms with E-state index >= 15 is 0 Å². The molecule has 0 aliphatic rings. The molecule has 3 N–H and O–H groups in total. The summed E-state index contributed by atoms with van der Waals surface area (Å²) in [6, 6.07) is 0. The maximum atomic E-state index is 9.05. The highest BCUT2D eigenvalue weighted by molar-refractivity contribution is 6.18. The third kappa shape index (κ3) is 4.57. The minimum Gasteiger partial charge on any atom is -0.396 e. The molecule has 0 aliphatic carbocycles. The fraction of sp³-hybridized carbons (Fsp3) is 1.00. The van der Waals surface area contributed by atoms with Gasteiger partial charge in [0.25, 0.3) is 0 Å². The quantitative estimate of drug-likeness (QED) is 0.509. The average Bonchev–Trinajstić information content (AvgIpc) is 2.21. The van der Waals surface area contributed by atoms with Crippen LogP contribution in [0, 0.1) is 5.41 Å². The van der Waals surface area contributed by atoms with Gasteiger partial charge in [0.1, 0.15) is 0 Å². The lowest BCUT2D eigenvalue weighted by Crippen LogP contribution is -2.38. The summed E-state index contributed by atoms with van der Waals surface area (Å²) >= 11 is 5.64. The molecule has 1 atom stereocenters. The Bertz CT molecular complexity index is 131. The van der Waals surface area contributed by atoms with E-state index in [1.165, 1.54) is 0 Å². The molecule has 0 heterocycles. The van der Waals surface area contributed by atoms with Gasteiger partial charge in [-0.05, 0) is 13.3 Å². The highest BCUT2D eigenvalue weighted by atomic mass is 35.5. The van der Waals surface area contributed by atoms with Crippen molar-refractivity contribution in [3.8, 4) is 0 Å². The second-order valence-corrected chi connectivity index (χ2v) is 3.85. The summed E-state index contributed by atoms with van der Waals surface area (Å²) in [5.41, 5.74) is -0.773. The van der Waals surface area contributed by atoms with Gasteiger partial charge in [0, 0.05) is 12.5 Å². The van der Waals surface area contributed by atoms with E-state index in [4.69, 9.17) is 31.7 Å². The van der Waals surface area contributed by atoms with Gasteiger partial charge in [-0.15, -0.1) is 11.6 Å². The summed E-state index contributed by atoms with van der Waals surface area (Å²) < 4.78 is 5.36. The smallest absolute Gasteiger partial charge is 0.0581 e. The van der Waals surface area contributed by atoms with Crippen molar-refractivity contribution in [2.24, 2.45) is 5.41 Å². The molecule has 86 valence electrons. The van der Waals surface area contributed by atoms with Crippen molar-refractivity contribution in [3.63, 3.8) is 0 Å². The minimum atomic E-state index is -0.773. The first kappa shape index (κ1) is 14.1. The molecule has 0 fully saturated rings. The molecule has 0 aromatic carbocycles. The first-order chi connectivity index (χ1) is 6.64. The van der Waals surface area contributed by atoms with E-state index < -0.39 is 5.41 Å². The van der Waals surface area contributed by atoms with Crippen LogP contribution in [0.4, 0.5) is 0 Å². The van der Waals surface area contributed by atoms with Crippen molar-refractivity contribution >= 4 is 11.6 Å². The van der Waals surface area contributed by atoms with Gasteiger partial charge in [0.2, 0.25) is 0 Å². The van der Waals surface area contributed by atoms with Gasteiger partial charge >= 0.3 is 0 Å². The molecule has 4 nitrogen and oxygen atoms in total. The fourth-order valence-electron chi connectivity index (χ4n) is 0.849. The minimum absolute atomic E-state index is 0.0628. The lowest BCUT2D eigenvalue weighted by atomic mass is 9.94. The topological polar surface area (TPSA) is 69.9 Å². The van der Waals surface area contributed by atoms with Crippen LogP contribution in [-0.2, 0) is 4.74 Å². The average molecular weight is 227 g/mol. The number of hydrogen-bond donors (Lipinski definition) is 3. The molecule has 0 aromatic rings. The van der Waals surface area contributed by atoms with Gasteiger partial charge in [-0.2, -0.15) is 0 Å². The summed E-state index contributed by atoms with van der Waals surface area (Å²) in [6.45, 7) is 1.67. The molecule has 0 bridgehead atoms. The largest absolute Gasteiger partial charge is 0.396 e. The van der Waals surface area contributed by atoms with Gasteiger partial charge < -0.3 is 20.1 Å². The van der Waals surface area contributed by atoms with E-state index in [0.717, 1.165) is 0 Å². The SMILES string of the molecule is CC(CCO)OCC(CO)(CO)CCl. The number of ether oxygens (including phenoxy) is 1. The van der Waals surface area contributed by atoms with E-state index in [9.17, 15) is 0 Å². The van der Waals surface area contributed by atoms with E-state index in [1.54, 1.807) is 0 Å². The zero-order valence-electron chi connectivity index (χ0n) is 8.45. The molecule has 14 heavy (non-hydrogen) atoms. The predicted octanol–water partition coefficient (Wildman–Crippen LogP) is -0.0163. The molecule has 0 saturated heterocycles. The Morgan fingerprint density at radius 2 is 1.86 bits per heavy atom. The molecule has 0 aromatic heterocycles. The zero-order valence-corrected chi connectivity index (χ0v) is 9.20. The molecular formula is C9H19ClO4. The summed E-state index contributed by atoms with van der Waals surface area (Å²) in [5.74, 6) is 0.145. The molecule has 5 heteroatoms. The van der Waals surface area contributed by atoms with Crippen LogP contribution in [0.15, 0.2) is 0 Å². The van der Waals surface area contributed by atoms with Gasteiger partial charge in [-0.3, -0.25) is 0 Å². The van der Waals surface area contributed by atoms with E-state index in [1.807, 2.05) is 6.92 Å². The second kappa shape index (κ2) is 7.43. The third-order valence-corrected chi connectivity index (χ3v) is 2.73. The summed E-state index contributed by atoms with van der Waals surface area (Å²) in [6.07, 6.45) is 0.440. The Morgan fingerprint density at radius 3 is 2.21 bits per heavy atom. The highest BCUT2D eigenvalue weighted by Gasteiger charge is 2.28. The van der Waals surface area contributed by atoms with E-state index in [-0.39, 0.29) is 38.4 Å². The molecule has 0 rings (SSSR count). The van der Waals surface area contributed by atoms with E-state index in [2.05, 4.69) is 0 Å². The lowest BCUT2D eigenvalue weighted by molar-refractivity contribution is -0.0456. The Kier molecular flexibility index (Phi) is 7.49. The molecule has 0 aliphatic heterocycles. The normalized spacial score (nSPS) is 14.4. The van der Waals surface area contributed by atoms with Gasteiger partial charge in [0.15, 0.2) is 0 Å². The van der Waals surface area contributed by atoms with Crippen LogP contribution in [0.3, 0.4) is 0 Å². The second-order valence-electron chi connectivity index (χ2n) is 3.58. The van der Waals surface area contributed by atoms with Crippen LogP contribution in [0.2, 0.25) is 0 Å². The summed E-state index contributed by atoms with van der Waals surface area (Å²) in [5, 5.41) is 26.7. The first-order valence-electron chi connectivity index (χ1n) is 4.64. The Hall–Kier alpha value is 0.130. The number of aliphatic hydroxyl groups excluding tert-OH is 3. The van der Waals surface area contributed by atoms with Crippen molar-refractivity contribution in [2.75, 3.05) is 32.3 Å². The van der Waals surface area contributed by atoms with Crippen LogP contribution in [0.5, 0.6) is 0 Å². The maximum Gasteiger partial charge on any atom is 0.0581 e. The van der Waals surface area contributed by atoms with Crippen LogP contribution in [0.1, 0.15) is 13.3 Å². The zero-order chi connectivity index (χ0) is 11.0. The highest BCUT2D eigenvalue weighted by Crippen LogP contribution is 2.19. The number of aliphatic hydroxyl groups is 3. The van der Waals surface area contributed by atoms with Crippen molar-refractivity contribution in [1.82, 2.24) is 0 Å². The van der Waals surface area contributed by atoms with Gasteiger partial charge in [-0.1, -0.05) is 0 Å². The molecule has 1 unspecified atom stereocenters. The monoisotopic (exact) mass is 226 g/mol. The Labute approximate surface area is 89.5 Å². The number of alkyl halides is 1. The fourth-order valence-corrected chi connectivity index (χ4v) is 1.09. The lowest BCUT2D eigenvalue weighted by Gasteiger charge is -2.28. The number of rotatable bonds is 8. The van der Waals surface area contributed by atoms with Crippen molar-refractivity contribution in [1.29, 1.82) is 0 Å². The van der Waals surface area contributed by atoms with Crippen LogP contribution < -0.4 is 0 Å². The van der Waals surface area contributed by atoms with Crippen molar-refractivity contribution < 1.29 is 20.1 Å². The maximum absolute atomic E-state index is 9.05. The standard InChI is InChI=1S/C9H19ClO4/c1-8(2-3-11)14-7-9(4-10,5-12)6-13/h8,11-13H,2-7H2,1H3. The van der Waals surface area contributed by atoms with E-state index in [0.29, 0.717) is 6.42 Å². The Morgan fingerprint density at radius 1 is 1.29 bits per heavy atom. The van der Waals surface area contributed by atoms with Gasteiger partial charge in [-0.25, -0.2) is 0 Å². The summed E-state index contributed by atoms with van der Waals surface area (Å²) in [7, 11) is 0.